The van der Waals surface area contributed by atoms with Crippen LogP contribution in [0.5, 0.6) is 5.75 Å². The van der Waals surface area contributed by atoms with Crippen LogP contribution in [0.4, 0.5) is 5.82 Å². The van der Waals surface area contributed by atoms with Crippen molar-refractivity contribution in [3.05, 3.63) is 52.7 Å². The number of benzene rings is 1. The number of hydrogen-bond acceptors (Lipinski definition) is 3. The van der Waals surface area contributed by atoms with E-state index in [1.165, 1.54) is 5.56 Å². The highest BCUT2D eigenvalue weighted by Gasteiger charge is 2.05. The van der Waals surface area contributed by atoms with Crippen LogP contribution in [0.1, 0.15) is 31.0 Å². The molecule has 3 nitrogen and oxygen atoms in total. The van der Waals surface area contributed by atoms with Gasteiger partial charge in [0.25, 0.3) is 0 Å². The predicted molar refractivity (Wildman–Crippen MR) is 83.7 cm³/mol. The zero-order chi connectivity index (χ0) is 14.5. The first kappa shape index (κ1) is 14.7. The van der Waals surface area contributed by atoms with Gasteiger partial charge >= 0.3 is 0 Å². The zero-order valence-electron chi connectivity index (χ0n) is 12.0. The lowest BCUT2D eigenvalue weighted by Crippen LogP contribution is -2.02. The minimum Gasteiger partial charge on any atom is -0.487 e. The third kappa shape index (κ3) is 3.64. The molecule has 0 unspecified atom stereocenters. The van der Waals surface area contributed by atoms with E-state index in [4.69, 9.17) is 16.3 Å². The molecule has 0 atom stereocenters. The Morgan fingerprint density at radius 1 is 1.15 bits per heavy atom. The molecular weight excluding hydrogens is 272 g/mol. The largest absolute Gasteiger partial charge is 0.487 e. The first-order valence-corrected chi connectivity index (χ1v) is 7.04. The van der Waals surface area contributed by atoms with Gasteiger partial charge in [-0.15, -0.1) is 0 Å². The molecule has 20 heavy (non-hydrogen) atoms. The van der Waals surface area contributed by atoms with Crippen LogP contribution in [0.2, 0.25) is 5.02 Å². The highest BCUT2D eigenvalue weighted by atomic mass is 35.5. The van der Waals surface area contributed by atoms with Crippen molar-refractivity contribution >= 4 is 17.4 Å². The van der Waals surface area contributed by atoms with Gasteiger partial charge in [0.1, 0.15) is 18.2 Å². The van der Waals surface area contributed by atoms with E-state index in [0.717, 1.165) is 17.3 Å². The molecule has 2 aromatic rings. The third-order valence-electron chi connectivity index (χ3n) is 3.10. The fourth-order valence-corrected chi connectivity index (χ4v) is 1.99. The molecule has 0 amide bonds. The Kier molecular flexibility index (Phi) is 4.85. The predicted octanol–water partition coefficient (Wildman–Crippen LogP) is 4.48. The van der Waals surface area contributed by atoms with Crippen molar-refractivity contribution in [3.63, 3.8) is 0 Å². The Labute approximate surface area is 124 Å². The van der Waals surface area contributed by atoms with Gasteiger partial charge in [0.15, 0.2) is 0 Å². The molecule has 0 aliphatic rings. The molecule has 0 bridgehead atoms. The fourth-order valence-electron chi connectivity index (χ4n) is 1.83. The van der Waals surface area contributed by atoms with Crippen LogP contribution < -0.4 is 10.1 Å². The molecule has 0 saturated heterocycles. The molecule has 1 N–H and O–H groups in total. The average molecular weight is 291 g/mol. The minimum atomic E-state index is 0.357. The summed E-state index contributed by atoms with van der Waals surface area (Å²) in [5, 5.41) is 3.60. The summed E-state index contributed by atoms with van der Waals surface area (Å²) < 4.78 is 5.73. The molecule has 106 valence electrons. The summed E-state index contributed by atoms with van der Waals surface area (Å²) in [5.41, 5.74) is 2.03. The van der Waals surface area contributed by atoms with Gasteiger partial charge in [0.05, 0.1) is 10.7 Å². The van der Waals surface area contributed by atoms with E-state index in [1.54, 1.807) is 0 Å². The monoisotopic (exact) mass is 290 g/mol. The number of aromatic nitrogens is 1. The van der Waals surface area contributed by atoms with Gasteiger partial charge in [-0.25, -0.2) is 4.98 Å². The number of anilines is 1. The van der Waals surface area contributed by atoms with Gasteiger partial charge in [-0.1, -0.05) is 37.6 Å². The summed E-state index contributed by atoms with van der Waals surface area (Å²) in [7, 11) is 1.82. The van der Waals surface area contributed by atoms with Crippen LogP contribution in [0.15, 0.2) is 36.4 Å². The fraction of sp³-hybridized carbons (Fsp3) is 0.312. The normalized spacial score (nSPS) is 10.7. The van der Waals surface area contributed by atoms with Crippen LogP contribution in [0.25, 0.3) is 0 Å². The maximum atomic E-state index is 6.12. The summed E-state index contributed by atoms with van der Waals surface area (Å²) in [4.78, 5) is 4.38. The minimum absolute atomic E-state index is 0.357. The van der Waals surface area contributed by atoms with Crippen LogP contribution in [-0.2, 0) is 6.61 Å². The molecule has 2 rings (SSSR count). The van der Waals surface area contributed by atoms with Crippen LogP contribution >= 0.6 is 11.6 Å². The number of ether oxygens (including phenoxy) is 1. The third-order valence-corrected chi connectivity index (χ3v) is 3.44. The van der Waals surface area contributed by atoms with E-state index in [9.17, 15) is 0 Å². The molecule has 0 spiro atoms. The quantitative estimate of drug-likeness (QED) is 0.881. The zero-order valence-corrected chi connectivity index (χ0v) is 12.7. The van der Waals surface area contributed by atoms with Gasteiger partial charge in [-0.05, 0) is 35.7 Å². The van der Waals surface area contributed by atoms with Crippen molar-refractivity contribution in [2.45, 2.75) is 26.4 Å². The van der Waals surface area contributed by atoms with Crippen molar-refractivity contribution in [1.82, 2.24) is 4.98 Å². The molecule has 1 aromatic carbocycles. The van der Waals surface area contributed by atoms with Gasteiger partial charge < -0.3 is 10.1 Å². The smallest absolute Gasteiger partial charge is 0.132 e. The van der Waals surface area contributed by atoms with Crippen LogP contribution in [0, 0.1) is 0 Å². The number of halogens is 1. The lowest BCUT2D eigenvalue weighted by molar-refractivity contribution is 0.301. The molecule has 1 heterocycles. The van der Waals surface area contributed by atoms with E-state index in [0.29, 0.717) is 17.5 Å². The van der Waals surface area contributed by atoms with Crippen molar-refractivity contribution in [1.29, 1.82) is 0 Å². The standard InChI is InChI=1S/C16H19ClN2O/c1-11(2)12-4-6-13(7-5-12)20-10-15-14(17)8-9-16(18-3)19-15/h4-9,11H,10H2,1-3H3,(H,18,19). The highest BCUT2D eigenvalue weighted by Crippen LogP contribution is 2.21. The topological polar surface area (TPSA) is 34.1 Å². The SMILES string of the molecule is CNc1ccc(Cl)c(COc2ccc(C(C)C)cc2)n1. The second-order valence-corrected chi connectivity index (χ2v) is 5.29. The van der Waals surface area contributed by atoms with Crippen molar-refractivity contribution < 1.29 is 4.74 Å². The number of nitrogens with one attached hydrogen (secondary N) is 1. The summed E-state index contributed by atoms with van der Waals surface area (Å²) in [6, 6.07) is 11.8. The van der Waals surface area contributed by atoms with E-state index < -0.39 is 0 Å². The molecular formula is C16H19ClN2O. The lowest BCUT2D eigenvalue weighted by Gasteiger charge is -2.10. The number of hydrogen-bond donors (Lipinski definition) is 1. The summed E-state index contributed by atoms with van der Waals surface area (Å²) in [6.45, 7) is 4.70. The number of nitrogens with zero attached hydrogens (tertiary/aromatic N) is 1. The van der Waals surface area contributed by atoms with E-state index >= 15 is 0 Å². The summed E-state index contributed by atoms with van der Waals surface area (Å²) >= 11 is 6.12. The van der Waals surface area contributed by atoms with E-state index in [-0.39, 0.29) is 0 Å². The summed E-state index contributed by atoms with van der Waals surface area (Å²) in [5.74, 6) is 2.12. The first-order valence-electron chi connectivity index (χ1n) is 6.66. The Morgan fingerprint density at radius 2 is 1.85 bits per heavy atom. The van der Waals surface area contributed by atoms with Gasteiger partial charge in [0, 0.05) is 7.05 Å². The van der Waals surface area contributed by atoms with Crippen molar-refractivity contribution in [3.8, 4) is 5.75 Å². The first-order chi connectivity index (χ1) is 9.60. The maximum Gasteiger partial charge on any atom is 0.132 e. The van der Waals surface area contributed by atoms with E-state index in [2.05, 4.69) is 36.3 Å². The molecule has 0 saturated carbocycles. The number of pyridine rings is 1. The second-order valence-electron chi connectivity index (χ2n) is 4.89. The molecule has 4 heteroatoms. The van der Waals surface area contributed by atoms with Crippen LogP contribution in [-0.4, -0.2) is 12.0 Å². The highest BCUT2D eigenvalue weighted by molar-refractivity contribution is 6.31. The van der Waals surface area contributed by atoms with Gasteiger partial charge in [0.2, 0.25) is 0 Å². The maximum absolute atomic E-state index is 6.12. The Morgan fingerprint density at radius 3 is 2.45 bits per heavy atom. The lowest BCUT2D eigenvalue weighted by atomic mass is 10.0. The Hall–Kier alpha value is -1.74. The van der Waals surface area contributed by atoms with Gasteiger partial charge in [-0.3, -0.25) is 0 Å². The van der Waals surface area contributed by atoms with E-state index in [1.807, 2.05) is 31.3 Å². The molecule has 0 radical (unpaired) electrons. The van der Waals surface area contributed by atoms with Crippen molar-refractivity contribution in [2.75, 3.05) is 12.4 Å². The molecule has 0 fully saturated rings. The average Bonchev–Trinajstić information content (AvgIpc) is 2.47. The molecule has 0 aliphatic carbocycles. The summed E-state index contributed by atoms with van der Waals surface area (Å²) in [6.07, 6.45) is 0. The number of rotatable bonds is 5. The van der Waals surface area contributed by atoms with Crippen molar-refractivity contribution in [2.24, 2.45) is 0 Å². The molecule has 0 aliphatic heterocycles. The Balaban J connectivity index is 2.04. The second kappa shape index (κ2) is 6.62. The Bertz CT molecular complexity index is 567. The van der Waals surface area contributed by atoms with Gasteiger partial charge in [-0.2, -0.15) is 0 Å². The van der Waals surface area contributed by atoms with Crippen LogP contribution in [0.3, 0.4) is 0 Å². The molecule has 1 aromatic heterocycles.